The van der Waals surface area contributed by atoms with E-state index in [1.165, 1.54) is 12.8 Å². The van der Waals surface area contributed by atoms with Crippen LogP contribution in [0.25, 0.3) is 11.2 Å². The van der Waals surface area contributed by atoms with Crippen LogP contribution in [-0.2, 0) is 4.74 Å². The second kappa shape index (κ2) is 5.35. The number of imidazole rings is 1. The van der Waals surface area contributed by atoms with E-state index in [1.54, 1.807) is 7.11 Å². The Morgan fingerprint density at radius 1 is 1.32 bits per heavy atom. The number of fused-ring (bicyclic) bond motifs is 1. The van der Waals surface area contributed by atoms with Crippen molar-refractivity contribution < 1.29 is 4.74 Å². The summed E-state index contributed by atoms with van der Waals surface area (Å²) in [6.45, 7) is 2.70. The quantitative estimate of drug-likeness (QED) is 0.859. The standard InChI is InChI=1S/C16H21N5O/c1-10-18-15(20-12-4-5-12)14-16(19-10)21(9-17-14)13-6-3-11(7-13)8-22-2/h3,6,9,11-13H,4-5,7-8H2,1-2H3,(H,18,19,20)/t11-,13+/m1/s1. The van der Waals surface area contributed by atoms with Gasteiger partial charge < -0.3 is 14.6 Å². The van der Waals surface area contributed by atoms with Gasteiger partial charge in [0.1, 0.15) is 11.3 Å². The summed E-state index contributed by atoms with van der Waals surface area (Å²) in [6, 6.07) is 0.855. The Hall–Kier alpha value is -1.95. The van der Waals surface area contributed by atoms with Crippen molar-refractivity contribution in [3.63, 3.8) is 0 Å². The van der Waals surface area contributed by atoms with Crippen molar-refractivity contribution in [3.05, 3.63) is 24.3 Å². The second-order valence-corrected chi connectivity index (χ2v) is 6.27. The Balaban J connectivity index is 1.67. The minimum atomic E-state index is 0.299. The Morgan fingerprint density at radius 2 is 2.18 bits per heavy atom. The van der Waals surface area contributed by atoms with Crippen molar-refractivity contribution in [2.24, 2.45) is 5.92 Å². The monoisotopic (exact) mass is 299 g/mol. The first kappa shape index (κ1) is 13.7. The molecule has 0 aromatic carbocycles. The summed E-state index contributed by atoms with van der Waals surface area (Å²) >= 11 is 0. The third-order valence-electron chi connectivity index (χ3n) is 4.34. The van der Waals surface area contributed by atoms with Crippen LogP contribution in [0.3, 0.4) is 0 Å². The zero-order valence-electron chi connectivity index (χ0n) is 13.0. The van der Waals surface area contributed by atoms with Crippen LogP contribution in [0.15, 0.2) is 18.5 Å². The van der Waals surface area contributed by atoms with Crippen LogP contribution in [0.4, 0.5) is 5.82 Å². The lowest BCUT2D eigenvalue weighted by Crippen LogP contribution is -2.10. The summed E-state index contributed by atoms with van der Waals surface area (Å²) in [4.78, 5) is 13.7. The topological polar surface area (TPSA) is 64.9 Å². The lowest BCUT2D eigenvalue weighted by molar-refractivity contribution is 0.166. The van der Waals surface area contributed by atoms with E-state index in [2.05, 4.69) is 37.0 Å². The summed E-state index contributed by atoms with van der Waals surface area (Å²) in [5.41, 5.74) is 1.80. The molecule has 22 heavy (non-hydrogen) atoms. The van der Waals surface area contributed by atoms with Gasteiger partial charge in [0, 0.05) is 19.1 Å². The first-order valence-electron chi connectivity index (χ1n) is 7.89. The maximum atomic E-state index is 5.26. The summed E-state index contributed by atoms with van der Waals surface area (Å²) in [6.07, 6.45) is 9.83. The summed E-state index contributed by atoms with van der Waals surface area (Å²) in [7, 11) is 1.75. The van der Waals surface area contributed by atoms with E-state index in [4.69, 9.17) is 4.74 Å². The van der Waals surface area contributed by atoms with E-state index in [9.17, 15) is 0 Å². The van der Waals surface area contributed by atoms with Crippen LogP contribution in [0, 0.1) is 12.8 Å². The van der Waals surface area contributed by atoms with Gasteiger partial charge in [-0.3, -0.25) is 0 Å². The number of anilines is 1. The predicted molar refractivity (Wildman–Crippen MR) is 84.9 cm³/mol. The molecule has 1 fully saturated rings. The molecule has 2 atom stereocenters. The van der Waals surface area contributed by atoms with Gasteiger partial charge in [-0.2, -0.15) is 0 Å². The molecule has 6 nitrogen and oxygen atoms in total. The minimum Gasteiger partial charge on any atom is -0.384 e. The fraction of sp³-hybridized carbons (Fsp3) is 0.562. The third-order valence-corrected chi connectivity index (χ3v) is 4.34. The van der Waals surface area contributed by atoms with E-state index >= 15 is 0 Å². The highest BCUT2D eigenvalue weighted by Gasteiger charge is 2.26. The largest absolute Gasteiger partial charge is 0.384 e. The Bertz CT molecular complexity index is 719. The van der Waals surface area contributed by atoms with Gasteiger partial charge in [0.15, 0.2) is 11.5 Å². The number of methoxy groups -OCH3 is 1. The molecule has 0 bridgehead atoms. The summed E-state index contributed by atoms with van der Waals surface area (Å²) < 4.78 is 7.42. The van der Waals surface area contributed by atoms with Gasteiger partial charge in [0.05, 0.1) is 19.0 Å². The molecule has 2 aromatic heterocycles. The predicted octanol–water partition coefficient (Wildman–Crippen LogP) is 2.47. The summed E-state index contributed by atoms with van der Waals surface area (Å²) in [5, 5.41) is 3.47. The van der Waals surface area contributed by atoms with Crippen LogP contribution in [0.2, 0.25) is 0 Å². The number of nitrogens with zero attached hydrogens (tertiary/aromatic N) is 4. The molecule has 4 rings (SSSR count). The average molecular weight is 299 g/mol. The molecule has 0 radical (unpaired) electrons. The zero-order valence-corrected chi connectivity index (χ0v) is 13.0. The highest BCUT2D eigenvalue weighted by atomic mass is 16.5. The zero-order chi connectivity index (χ0) is 15.1. The maximum Gasteiger partial charge on any atom is 0.166 e. The molecule has 0 saturated heterocycles. The highest BCUT2D eigenvalue weighted by molar-refractivity contribution is 5.83. The van der Waals surface area contributed by atoms with Gasteiger partial charge in [0.25, 0.3) is 0 Å². The van der Waals surface area contributed by atoms with Gasteiger partial charge in [-0.1, -0.05) is 12.2 Å². The van der Waals surface area contributed by atoms with Crippen LogP contribution >= 0.6 is 0 Å². The number of ether oxygens (including phenoxy) is 1. The van der Waals surface area contributed by atoms with Gasteiger partial charge in [-0.25, -0.2) is 15.0 Å². The number of hydrogen-bond donors (Lipinski definition) is 1. The number of aromatic nitrogens is 4. The Kier molecular flexibility index (Phi) is 3.33. The molecular weight excluding hydrogens is 278 g/mol. The van der Waals surface area contributed by atoms with Crippen LogP contribution in [0.1, 0.15) is 31.1 Å². The second-order valence-electron chi connectivity index (χ2n) is 6.27. The van der Waals surface area contributed by atoms with Crippen molar-refractivity contribution in [2.45, 2.75) is 38.3 Å². The smallest absolute Gasteiger partial charge is 0.166 e. The highest BCUT2D eigenvalue weighted by Crippen LogP contribution is 2.32. The molecule has 0 aliphatic heterocycles. The molecule has 6 heteroatoms. The van der Waals surface area contributed by atoms with Gasteiger partial charge in [-0.05, 0) is 26.2 Å². The van der Waals surface area contributed by atoms with Crippen molar-refractivity contribution in [2.75, 3.05) is 19.0 Å². The molecule has 2 aliphatic rings. The first-order valence-corrected chi connectivity index (χ1v) is 7.89. The first-order chi connectivity index (χ1) is 10.7. The van der Waals surface area contributed by atoms with Crippen molar-refractivity contribution in [1.29, 1.82) is 0 Å². The van der Waals surface area contributed by atoms with E-state index < -0.39 is 0 Å². The van der Waals surface area contributed by atoms with Gasteiger partial charge in [0.2, 0.25) is 0 Å². The molecule has 2 heterocycles. The number of rotatable bonds is 5. The van der Waals surface area contributed by atoms with Gasteiger partial charge in [-0.15, -0.1) is 0 Å². The van der Waals surface area contributed by atoms with E-state index in [-0.39, 0.29) is 0 Å². The van der Waals surface area contributed by atoms with E-state index in [0.29, 0.717) is 18.0 Å². The van der Waals surface area contributed by atoms with Crippen LogP contribution in [-0.4, -0.2) is 39.3 Å². The molecule has 1 saturated carbocycles. The average Bonchev–Trinajstić information content (AvgIpc) is 3.02. The van der Waals surface area contributed by atoms with Gasteiger partial charge >= 0.3 is 0 Å². The minimum absolute atomic E-state index is 0.299. The van der Waals surface area contributed by atoms with Crippen LogP contribution < -0.4 is 5.32 Å². The normalized spacial score (nSPS) is 24.3. The van der Waals surface area contributed by atoms with E-state index in [0.717, 1.165) is 35.8 Å². The van der Waals surface area contributed by atoms with Crippen molar-refractivity contribution >= 4 is 17.0 Å². The van der Waals surface area contributed by atoms with Crippen LogP contribution in [0.5, 0.6) is 0 Å². The molecule has 0 amide bonds. The lowest BCUT2D eigenvalue weighted by atomic mass is 10.1. The summed E-state index contributed by atoms with van der Waals surface area (Å²) in [5.74, 6) is 2.13. The Morgan fingerprint density at radius 3 is 2.95 bits per heavy atom. The molecule has 0 spiro atoms. The molecule has 0 unspecified atom stereocenters. The molecule has 2 aliphatic carbocycles. The fourth-order valence-corrected chi connectivity index (χ4v) is 3.09. The van der Waals surface area contributed by atoms with Crippen molar-refractivity contribution in [1.82, 2.24) is 19.5 Å². The molecule has 1 N–H and O–H groups in total. The number of aryl methyl sites for hydroxylation is 1. The third kappa shape index (κ3) is 2.47. The van der Waals surface area contributed by atoms with E-state index in [1.807, 2.05) is 13.3 Å². The molecular formula is C16H21N5O. The number of nitrogens with one attached hydrogen (secondary N) is 1. The fourth-order valence-electron chi connectivity index (χ4n) is 3.09. The SMILES string of the molecule is COC[C@@H]1C=C[C@H](n2cnc3c(NC4CC4)nc(C)nc32)C1. The number of hydrogen-bond acceptors (Lipinski definition) is 5. The van der Waals surface area contributed by atoms with Crippen molar-refractivity contribution in [3.8, 4) is 0 Å². The Labute approximate surface area is 129 Å². The molecule has 2 aromatic rings. The maximum absolute atomic E-state index is 5.26. The number of allylic oxidation sites excluding steroid dienone is 1. The lowest BCUT2D eigenvalue weighted by Gasteiger charge is -2.14. The molecule has 116 valence electrons.